The molecule has 0 aliphatic rings. The first kappa shape index (κ1) is 16.6. The van der Waals surface area contributed by atoms with Crippen molar-refractivity contribution in [1.29, 1.82) is 0 Å². The number of alkyl halides is 1. The maximum atomic E-state index is 13.1. The molecule has 0 aromatic heterocycles. The average Bonchev–Trinajstić information content (AvgIpc) is 2.39. The van der Waals surface area contributed by atoms with Crippen LogP contribution in [0.1, 0.15) is 12.5 Å². The van der Waals surface area contributed by atoms with Crippen molar-refractivity contribution in [3.63, 3.8) is 0 Å². The highest BCUT2D eigenvalue weighted by Crippen LogP contribution is 2.19. The molecule has 4 nitrogen and oxygen atoms in total. The van der Waals surface area contributed by atoms with E-state index in [0.29, 0.717) is 12.0 Å². The van der Waals surface area contributed by atoms with Crippen molar-refractivity contribution < 1.29 is 23.5 Å². The van der Waals surface area contributed by atoms with Gasteiger partial charge in [-0.2, -0.15) is 0 Å². The van der Waals surface area contributed by atoms with E-state index in [2.05, 4.69) is 21.2 Å². The molecule has 0 spiro atoms. The summed E-state index contributed by atoms with van der Waals surface area (Å²) in [5.74, 6) is -2.94. The van der Waals surface area contributed by atoms with Gasteiger partial charge < -0.3 is 10.4 Å². The maximum absolute atomic E-state index is 13.1. The van der Waals surface area contributed by atoms with Gasteiger partial charge in [-0.1, -0.05) is 13.0 Å². The Morgan fingerprint density at radius 2 is 2.10 bits per heavy atom. The highest BCUT2D eigenvalue weighted by atomic mass is 79.9. The van der Waals surface area contributed by atoms with Crippen molar-refractivity contribution >= 4 is 27.8 Å². The predicted octanol–water partition coefficient (Wildman–Crippen LogP) is 2.31. The molecule has 1 aromatic rings. The van der Waals surface area contributed by atoms with E-state index in [9.17, 15) is 18.4 Å². The SMILES string of the molecule is CC(Cc1ccc(F)c(Br)c1)C(=O)NC(CF)C(=O)O. The maximum Gasteiger partial charge on any atom is 0.328 e. The third kappa shape index (κ3) is 4.56. The number of hydrogen-bond donors (Lipinski definition) is 2. The van der Waals surface area contributed by atoms with Crippen LogP contribution in [0.25, 0.3) is 0 Å². The average molecular weight is 350 g/mol. The van der Waals surface area contributed by atoms with Crippen molar-refractivity contribution in [2.45, 2.75) is 19.4 Å². The first-order valence-electron chi connectivity index (χ1n) is 5.88. The highest BCUT2D eigenvalue weighted by Gasteiger charge is 2.23. The summed E-state index contributed by atoms with van der Waals surface area (Å²) in [7, 11) is 0. The van der Waals surface area contributed by atoms with Crippen molar-refractivity contribution in [2.24, 2.45) is 5.92 Å². The number of aliphatic carboxylic acids is 1. The van der Waals surface area contributed by atoms with Gasteiger partial charge in [0, 0.05) is 5.92 Å². The van der Waals surface area contributed by atoms with Crippen LogP contribution in [0.3, 0.4) is 0 Å². The molecule has 0 aliphatic carbocycles. The van der Waals surface area contributed by atoms with Gasteiger partial charge >= 0.3 is 5.97 Å². The Morgan fingerprint density at radius 1 is 1.45 bits per heavy atom. The first-order valence-corrected chi connectivity index (χ1v) is 6.67. The van der Waals surface area contributed by atoms with Crippen LogP contribution in [-0.2, 0) is 16.0 Å². The summed E-state index contributed by atoms with van der Waals surface area (Å²) in [5.41, 5.74) is 0.716. The molecule has 2 unspecified atom stereocenters. The third-order valence-corrected chi connectivity index (χ3v) is 3.35. The zero-order valence-corrected chi connectivity index (χ0v) is 12.3. The molecule has 2 atom stereocenters. The first-order chi connectivity index (χ1) is 9.35. The Hall–Kier alpha value is -1.50. The van der Waals surface area contributed by atoms with Crippen LogP contribution in [0.2, 0.25) is 0 Å². The van der Waals surface area contributed by atoms with Crippen LogP contribution in [0.4, 0.5) is 8.78 Å². The van der Waals surface area contributed by atoms with Crippen LogP contribution in [0.15, 0.2) is 22.7 Å². The number of rotatable bonds is 6. The lowest BCUT2D eigenvalue weighted by Gasteiger charge is -2.15. The fourth-order valence-corrected chi connectivity index (χ4v) is 2.02. The number of amides is 1. The Morgan fingerprint density at radius 3 is 2.60 bits per heavy atom. The number of hydrogen-bond acceptors (Lipinski definition) is 2. The lowest BCUT2D eigenvalue weighted by molar-refractivity contribution is -0.142. The molecule has 110 valence electrons. The summed E-state index contributed by atoms with van der Waals surface area (Å²) in [6, 6.07) is 2.81. The fraction of sp³-hybridized carbons (Fsp3) is 0.385. The summed E-state index contributed by atoms with van der Waals surface area (Å²) in [5, 5.41) is 10.8. The van der Waals surface area contributed by atoms with Crippen LogP contribution < -0.4 is 5.32 Å². The molecule has 0 fully saturated rings. The number of nitrogens with one attached hydrogen (secondary N) is 1. The lowest BCUT2D eigenvalue weighted by Crippen LogP contribution is -2.44. The molecule has 0 heterocycles. The van der Waals surface area contributed by atoms with E-state index >= 15 is 0 Å². The van der Waals surface area contributed by atoms with Crippen molar-refractivity contribution in [2.75, 3.05) is 6.67 Å². The lowest BCUT2D eigenvalue weighted by atomic mass is 10.00. The summed E-state index contributed by atoms with van der Waals surface area (Å²) in [6.07, 6.45) is 0.295. The molecule has 0 aliphatic heterocycles. The number of carbonyl (C=O) groups excluding carboxylic acids is 1. The van der Waals surface area contributed by atoms with Crippen LogP contribution >= 0.6 is 15.9 Å². The zero-order chi connectivity index (χ0) is 15.3. The third-order valence-electron chi connectivity index (χ3n) is 2.74. The standard InChI is InChI=1S/C13H14BrF2NO3/c1-7(12(18)17-11(6-15)13(19)20)4-8-2-3-10(16)9(14)5-8/h2-3,5,7,11H,4,6H2,1H3,(H,17,18)(H,19,20). The molecule has 1 amide bonds. The fourth-order valence-electron chi connectivity index (χ4n) is 1.59. The minimum Gasteiger partial charge on any atom is -0.480 e. The minimum atomic E-state index is -1.54. The second-order valence-electron chi connectivity index (χ2n) is 4.41. The van der Waals surface area contributed by atoms with E-state index in [1.807, 2.05) is 0 Å². The van der Waals surface area contributed by atoms with Crippen LogP contribution in [-0.4, -0.2) is 29.7 Å². The topological polar surface area (TPSA) is 66.4 Å². The van der Waals surface area contributed by atoms with E-state index in [1.54, 1.807) is 13.0 Å². The van der Waals surface area contributed by atoms with Gasteiger partial charge in [-0.3, -0.25) is 4.79 Å². The van der Waals surface area contributed by atoms with Crippen LogP contribution in [0, 0.1) is 11.7 Å². The van der Waals surface area contributed by atoms with Gasteiger partial charge in [-0.15, -0.1) is 0 Å². The number of halogens is 3. The van der Waals surface area contributed by atoms with E-state index in [-0.39, 0.29) is 4.47 Å². The molecular weight excluding hydrogens is 336 g/mol. The van der Waals surface area contributed by atoms with Gasteiger partial charge in [-0.05, 0) is 40.0 Å². The monoisotopic (exact) mass is 349 g/mol. The largest absolute Gasteiger partial charge is 0.480 e. The molecule has 1 aromatic carbocycles. The van der Waals surface area contributed by atoms with E-state index in [4.69, 9.17) is 5.11 Å². The summed E-state index contributed by atoms with van der Waals surface area (Å²) in [4.78, 5) is 22.4. The van der Waals surface area contributed by atoms with Crippen molar-refractivity contribution in [3.8, 4) is 0 Å². The number of benzene rings is 1. The molecule has 0 bridgehead atoms. The number of carboxylic acids is 1. The van der Waals surface area contributed by atoms with E-state index < -0.39 is 36.3 Å². The quantitative estimate of drug-likeness (QED) is 0.828. The number of carboxylic acid groups (broad SMARTS) is 1. The second kappa shape index (κ2) is 7.33. The molecule has 0 saturated heterocycles. The molecule has 20 heavy (non-hydrogen) atoms. The zero-order valence-electron chi connectivity index (χ0n) is 10.7. The highest BCUT2D eigenvalue weighted by molar-refractivity contribution is 9.10. The Kier molecular flexibility index (Phi) is 6.06. The smallest absolute Gasteiger partial charge is 0.328 e. The molecular formula is C13H14BrF2NO3. The summed E-state index contributed by atoms with van der Waals surface area (Å²) >= 11 is 3.04. The second-order valence-corrected chi connectivity index (χ2v) is 5.26. The summed E-state index contributed by atoms with van der Waals surface area (Å²) in [6.45, 7) is 0.416. The molecule has 0 saturated carbocycles. The van der Waals surface area contributed by atoms with E-state index in [0.717, 1.165) is 0 Å². The molecule has 7 heteroatoms. The normalized spacial score (nSPS) is 13.6. The van der Waals surface area contributed by atoms with Gasteiger partial charge in [0.15, 0.2) is 6.04 Å². The van der Waals surface area contributed by atoms with Gasteiger partial charge in [0.05, 0.1) is 4.47 Å². The van der Waals surface area contributed by atoms with E-state index in [1.165, 1.54) is 12.1 Å². The Labute approximate surface area is 123 Å². The van der Waals surface area contributed by atoms with Crippen LogP contribution in [0.5, 0.6) is 0 Å². The molecule has 1 rings (SSSR count). The Balaban J connectivity index is 2.65. The number of carbonyl (C=O) groups is 2. The van der Waals surface area contributed by atoms with Gasteiger partial charge in [-0.25, -0.2) is 13.6 Å². The summed E-state index contributed by atoms with van der Waals surface area (Å²) < 4.78 is 25.8. The van der Waals surface area contributed by atoms with Crippen molar-refractivity contribution in [1.82, 2.24) is 5.32 Å². The van der Waals surface area contributed by atoms with Gasteiger partial charge in [0.1, 0.15) is 12.5 Å². The molecule has 2 N–H and O–H groups in total. The van der Waals surface area contributed by atoms with Crippen molar-refractivity contribution in [3.05, 3.63) is 34.1 Å². The predicted molar refractivity (Wildman–Crippen MR) is 72.5 cm³/mol. The van der Waals surface area contributed by atoms with Gasteiger partial charge in [0.2, 0.25) is 5.91 Å². The van der Waals surface area contributed by atoms with Gasteiger partial charge in [0.25, 0.3) is 0 Å². The minimum absolute atomic E-state index is 0.287. The Bertz CT molecular complexity index is 510. The molecule has 0 radical (unpaired) electrons.